The van der Waals surface area contributed by atoms with Crippen molar-refractivity contribution < 1.29 is 9.84 Å². The van der Waals surface area contributed by atoms with Crippen molar-refractivity contribution in [1.29, 1.82) is 0 Å². The molecule has 0 aliphatic heterocycles. The van der Waals surface area contributed by atoms with Crippen molar-refractivity contribution in [3.8, 4) is 5.75 Å². The van der Waals surface area contributed by atoms with E-state index in [1.54, 1.807) is 0 Å². The largest absolute Gasteiger partial charge is 0.494 e. The number of ether oxygens (including phenoxy) is 1. The maximum Gasteiger partial charge on any atom is 0.119 e. The van der Waals surface area contributed by atoms with Crippen molar-refractivity contribution >= 4 is 11.8 Å². The minimum atomic E-state index is -0.382. The van der Waals surface area contributed by atoms with Gasteiger partial charge in [-0.1, -0.05) is 31.4 Å². The Balaban J connectivity index is 1.84. The number of aliphatic hydroxyl groups is 1. The molecule has 0 radical (unpaired) electrons. The van der Waals surface area contributed by atoms with Crippen molar-refractivity contribution in [1.82, 2.24) is 0 Å². The second-order valence-electron chi connectivity index (χ2n) is 5.11. The maximum atomic E-state index is 10.3. The van der Waals surface area contributed by atoms with Crippen molar-refractivity contribution in [3.05, 3.63) is 29.8 Å². The summed E-state index contributed by atoms with van der Waals surface area (Å²) < 4.78 is 5.47. The van der Waals surface area contributed by atoms with Crippen LogP contribution in [0.3, 0.4) is 0 Å². The monoisotopic (exact) mass is 280 g/mol. The van der Waals surface area contributed by atoms with Gasteiger partial charge in [-0.2, -0.15) is 11.8 Å². The van der Waals surface area contributed by atoms with E-state index < -0.39 is 0 Å². The van der Waals surface area contributed by atoms with Gasteiger partial charge in [0.2, 0.25) is 0 Å². The third-order valence-electron chi connectivity index (χ3n) is 3.60. The van der Waals surface area contributed by atoms with E-state index in [1.807, 2.05) is 43.0 Å². The summed E-state index contributed by atoms with van der Waals surface area (Å²) in [7, 11) is 0. The van der Waals surface area contributed by atoms with Crippen LogP contribution in [0, 0.1) is 0 Å². The molecule has 0 saturated heterocycles. The lowest BCUT2D eigenvalue weighted by atomic mass is 10.0. The Morgan fingerprint density at radius 3 is 2.84 bits per heavy atom. The molecule has 1 aliphatic rings. The van der Waals surface area contributed by atoms with E-state index in [0.29, 0.717) is 6.61 Å². The topological polar surface area (TPSA) is 29.5 Å². The van der Waals surface area contributed by atoms with Gasteiger partial charge in [-0.15, -0.1) is 0 Å². The van der Waals surface area contributed by atoms with Crippen LogP contribution in [0.25, 0.3) is 0 Å². The predicted octanol–water partition coefficient (Wildman–Crippen LogP) is 4.18. The molecule has 19 heavy (non-hydrogen) atoms. The lowest BCUT2D eigenvalue weighted by Crippen LogP contribution is -2.11. The molecule has 0 bridgehead atoms. The Morgan fingerprint density at radius 2 is 2.11 bits per heavy atom. The van der Waals surface area contributed by atoms with E-state index in [2.05, 4.69) is 0 Å². The molecule has 1 aliphatic carbocycles. The van der Waals surface area contributed by atoms with Crippen molar-refractivity contribution in [3.63, 3.8) is 0 Å². The molecule has 1 fully saturated rings. The molecule has 1 aromatic rings. The average Bonchev–Trinajstić information content (AvgIpc) is 2.46. The Kier molecular flexibility index (Phi) is 6.05. The molecule has 2 rings (SSSR count). The number of rotatable bonds is 6. The zero-order valence-corrected chi connectivity index (χ0v) is 12.5. The van der Waals surface area contributed by atoms with Gasteiger partial charge >= 0.3 is 0 Å². The van der Waals surface area contributed by atoms with Gasteiger partial charge in [0.15, 0.2) is 0 Å². The average molecular weight is 280 g/mol. The van der Waals surface area contributed by atoms with Gasteiger partial charge in [-0.3, -0.25) is 0 Å². The molecule has 106 valence electrons. The molecule has 1 atom stereocenters. The van der Waals surface area contributed by atoms with Gasteiger partial charge in [0.25, 0.3) is 0 Å². The molecule has 0 spiro atoms. The Labute approximate surface area is 120 Å². The lowest BCUT2D eigenvalue weighted by molar-refractivity contribution is 0.203. The highest BCUT2D eigenvalue weighted by Crippen LogP contribution is 2.31. The molecule has 2 nitrogen and oxygen atoms in total. The van der Waals surface area contributed by atoms with Crippen LogP contribution in [0.15, 0.2) is 24.3 Å². The summed E-state index contributed by atoms with van der Waals surface area (Å²) in [4.78, 5) is 0. The molecule has 3 heteroatoms. The lowest BCUT2D eigenvalue weighted by Gasteiger charge is -2.22. The van der Waals surface area contributed by atoms with E-state index >= 15 is 0 Å². The third-order valence-corrected chi connectivity index (χ3v) is 5.05. The zero-order chi connectivity index (χ0) is 13.5. The highest BCUT2D eigenvalue weighted by Gasteiger charge is 2.16. The first-order valence-electron chi connectivity index (χ1n) is 7.32. The Hall–Kier alpha value is -0.670. The minimum absolute atomic E-state index is 0.382. The van der Waals surface area contributed by atoms with Gasteiger partial charge < -0.3 is 9.84 Å². The summed E-state index contributed by atoms with van der Waals surface area (Å²) in [5.41, 5.74) is 0.967. The van der Waals surface area contributed by atoms with Crippen LogP contribution in [0.2, 0.25) is 0 Å². The molecular formula is C16H24O2S. The fourth-order valence-corrected chi connectivity index (χ4v) is 3.85. The Morgan fingerprint density at radius 1 is 1.32 bits per heavy atom. The van der Waals surface area contributed by atoms with E-state index in [9.17, 15) is 5.11 Å². The highest BCUT2D eigenvalue weighted by molar-refractivity contribution is 7.99. The molecule has 1 N–H and O–H groups in total. The fraction of sp³-hybridized carbons (Fsp3) is 0.625. The quantitative estimate of drug-likeness (QED) is 0.847. The molecule has 1 aromatic carbocycles. The second kappa shape index (κ2) is 7.81. The van der Waals surface area contributed by atoms with Crippen LogP contribution in [0.5, 0.6) is 5.75 Å². The smallest absolute Gasteiger partial charge is 0.119 e. The van der Waals surface area contributed by atoms with E-state index in [1.165, 1.54) is 32.1 Å². The summed E-state index contributed by atoms with van der Waals surface area (Å²) >= 11 is 1.93. The fourth-order valence-electron chi connectivity index (χ4n) is 2.53. The van der Waals surface area contributed by atoms with E-state index in [4.69, 9.17) is 4.74 Å². The number of hydrogen-bond donors (Lipinski definition) is 1. The molecule has 0 heterocycles. The first-order valence-corrected chi connectivity index (χ1v) is 8.37. The van der Waals surface area contributed by atoms with Crippen LogP contribution in [0.1, 0.15) is 50.7 Å². The van der Waals surface area contributed by atoms with Crippen LogP contribution < -0.4 is 4.74 Å². The highest BCUT2D eigenvalue weighted by atomic mass is 32.2. The zero-order valence-electron chi connectivity index (χ0n) is 11.7. The van der Waals surface area contributed by atoms with Crippen LogP contribution >= 0.6 is 11.8 Å². The summed E-state index contributed by atoms with van der Waals surface area (Å²) in [6.45, 7) is 2.64. The maximum absolute atomic E-state index is 10.3. The van der Waals surface area contributed by atoms with Crippen molar-refractivity contribution in [2.75, 3.05) is 12.4 Å². The van der Waals surface area contributed by atoms with Gasteiger partial charge in [-0.05, 0) is 37.5 Å². The minimum Gasteiger partial charge on any atom is -0.494 e. The van der Waals surface area contributed by atoms with Gasteiger partial charge in [0.05, 0.1) is 12.7 Å². The molecule has 1 unspecified atom stereocenters. The van der Waals surface area contributed by atoms with Crippen LogP contribution in [-0.2, 0) is 0 Å². The molecular weight excluding hydrogens is 256 g/mol. The van der Waals surface area contributed by atoms with Crippen LogP contribution in [-0.4, -0.2) is 22.7 Å². The predicted molar refractivity (Wildman–Crippen MR) is 81.9 cm³/mol. The Bertz CT molecular complexity index is 375. The number of aliphatic hydroxyl groups excluding tert-OH is 1. The van der Waals surface area contributed by atoms with Crippen molar-refractivity contribution in [2.45, 2.75) is 50.4 Å². The van der Waals surface area contributed by atoms with E-state index in [0.717, 1.165) is 22.3 Å². The normalized spacial score (nSPS) is 18.2. The van der Waals surface area contributed by atoms with Gasteiger partial charge in [0.1, 0.15) is 5.75 Å². The number of benzene rings is 1. The summed E-state index contributed by atoms with van der Waals surface area (Å²) in [5, 5.41) is 11.0. The third kappa shape index (κ3) is 4.73. The SMILES string of the molecule is CCOc1cccc(C(O)CSC2CCCCC2)c1. The first kappa shape index (κ1) is 14.7. The summed E-state index contributed by atoms with van der Waals surface area (Å²) in [5.74, 6) is 1.64. The molecule has 0 amide bonds. The van der Waals surface area contributed by atoms with Crippen molar-refractivity contribution in [2.24, 2.45) is 0 Å². The van der Waals surface area contributed by atoms with Gasteiger partial charge in [0, 0.05) is 11.0 Å². The number of thioether (sulfide) groups is 1. The van der Waals surface area contributed by atoms with E-state index in [-0.39, 0.29) is 6.10 Å². The summed E-state index contributed by atoms with van der Waals surface area (Å²) in [6, 6.07) is 7.83. The number of hydrogen-bond acceptors (Lipinski definition) is 3. The summed E-state index contributed by atoms with van der Waals surface area (Å²) in [6.07, 6.45) is 6.34. The molecule has 1 saturated carbocycles. The van der Waals surface area contributed by atoms with Gasteiger partial charge in [-0.25, -0.2) is 0 Å². The standard InChI is InChI=1S/C16H24O2S/c1-2-18-14-8-6-7-13(11-14)16(17)12-19-15-9-4-3-5-10-15/h6-8,11,15-17H,2-5,9-10,12H2,1H3. The second-order valence-corrected chi connectivity index (χ2v) is 6.45. The first-order chi connectivity index (χ1) is 9.29. The molecule has 0 aromatic heterocycles. The van der Waals surface area contributed by atoms with Crippen LogP contribution in [0.4, 0.5) is 0 Å².